The minimum atomic E-state index is -4.62. The van der Waals surface area contributed by atoms with Crippen molar-refractivity contribution in [3.8, 4) is 5.88 Å². The summed E-state index contributed by atoms with van der Waals surface area (Å²) in [5, 5.41) is 10.5. The number of halogens is 4. The lowest BCUT2D eigenvalue weighted by Gasteiger charge is -2.19. The zero-order valence-electron chi connectivity index (χ0n) is 11.7. The minimum Gasteiger partial charge on any atom is -0.410 e. The largest absolute Gasteiger partial charge is 0.462 e. The van der Waals surface area contributed by atoms with Crippen molar-refractivity contribution >= 4 is 5.84 Å². The van der Waals surface area contributed by atoms with Gasteiger partial charge in [0.15, 0.2) is 5.84 Å². The second-order valence-electron chi connectivity index (χ2n) is 4.68. The average Bonchev–Trinajstić information content (AvgIpc) is 2.87. The first-order valence-electron chi connectivity index (χ1n) is 6.48. The molecule has 2 heterocycles. The molecule has 1 aromatic rings. The summed E-state index contributed by atoms with van der Waals surface area (Å²) in [6.45, 7) is 0.754. The molecule has 0 atom stereocenters. The van der Waals surface area contributed by atoms with Crippen molar-refractivity contribution < 1.29 is 27.2 Å². The SMILES string of the molecule is O=[N+]([O-])CC1=NCCN1Cc1ccc(OC(F)(F)C(F)F)nc1. The van der Waals surface area contributed by atoms with Gasteiger partial charge in [0.05, 0.1) is 6.54 Å². The molecule has 1 aliphatic rings. The highest BCUT2D eigenvalue weighted by Crippen LogP contribution is 2.26. The Morgan fingerprint density at radius 1 is 1.43 bits per heavy atom. The van der Waals surface area contributed by atoms with Crippen LogP contribution < -0.4 is 4.74 Å². The van der Waals surface area contributed by atoms with Crippen LogP contribution >= 0.6 is 0 Å². The van der Waals surface area contributed by atoms with Gasteiger partial charge in [0, 0.05) is 30.3 Å². The van der Waals surface area contributed by atoms with E-state index in [1.54, 1.807) is 4.90 Å². The molecule has 0 bridgehead atoms. The van der Waals surface area contributed by atoms with E-state index in [1.165, 1.54) is 12.3 Å². The third-order valence-corrected chi connectivity index (χ3v) is 2.97. The number of pyridine rings is 1. The van der Waals surface area contributed by atoms with Crippen molar-refractivity contribution in [3.05, 3.63) is 34.0 Å². The highest BCUT2D eigenvalue weighted by Gasteiger charge is 2.44. The number of rotatable bonds is 7. The molecule has 0 saturated heterocycles. The summed E-state index contributed by atoms with van der Waals surface area (Å²) in [7, 11) is 0. The molecule has 0 aliphatic carbocycles. The Kier molecular flexibility index (Phi) is 4.96. The maximum atomic E-state index is 12.7. The minimum absolute atomic E-state index is 0.241. The Morgan fingerprint density at radius 2 is 2.17 bits per heavy atom. The summed E-state index contributed by atoms with van der Waals surface area (Å²) in [6.07, 6.45) is -7.40. The van der Waals surface area contributed by atoms with E-state index < -0.39 is 29.9 Å². The summed E-state index contributed by atoms with van der Waals surface area (Å²) >= 11 is 0. The molecule has 23 heavy (non-hydrogen) atoms. The van der Waals surface area contributed by atoms with Gasteiger partial charge in [-0.05, 0) is 5.56 Å². The molecule has 1 aliphatic heterocycles. The second kappa shape index (κ2) is 6.75. The number of aliphatic imine (C=N–C) groups is 1. The molecule has 0 unspecified atom stereocenters. The van der Waals surface area contributed by atoms with E-state index in [1.807, 2.05) is 0 Å². The zero-order valence-corrected chi connectivity index (χ0v) is 11.7. The van der Waals surface area contributed by atoms with Crippen molar-refractivity contribution in [2.75, 3.05) is 19.6 Å². The smallest absolute Gasteiger partial charge is 0.410 e. The second-order valence-corrected chi connectivity index (χ2v) is 4.68. The van der Waals surface area contributed by atoms with E-state index in [0.717, 1.165) is 6.07 Å². The molecule has 0 spiro atoms. The van der Waals surface area contributed by atoms with E-state index in [0.29, 0.717) is 24.5 Å². The maximum absolute atomic E-state index is 12.7. The van der Waals surface area contributed by atoms with Crippen molar-refractivity contribution in [2.45, 2.75) is 19.1 Å². The van der Waals surface area contributed by atoms with E-state index in [4.69, 9.17) is 0 Å². The number of alkyl halides is 4. The van der Waals surface area contributed by atoms with Crippen LogP contribution in [0.2, 0.25) is 0 Å². The Hall–Kier alpha value is -2.46. The van der Waals surface area contributed by atoms with Crippen LogP contribution in [0.3, 0.4) is 0 Å². The maximum Gasteiger partial charge on any atom is 0.462 e. The summed E-state index contributed by atoms with van der Waals surface area (Å²) in [5.74, 6) is -0.320. The van der Waals surface area contributed by atoms with Crippen molar-refractivity contribution in [1.82, 2.24) is 9.88 Å². The Morgan fingerprint density at radius 3 is 2.74 bits per heavy atom. The monoisotopic (exact) mass is 336 g/mol. The standard InChI is InChI=1S/C12H12F4N4O3/c13-11(14)12(15,16)23-10-2-1-8(5-18-10)6-19-4-3-17-9(19)7-20(21)22/h1-2,5,11H,3-4,6-7H2. The van der Waals surface area contributed by atoms with Gasteiger partial charge in [-0.25, -0.2) is 4.98 Å². The molecule has 0 saturated carbocycles. The molecule has 11 heteroatoms. The fourth-order valence-electron chi connectivity index (χ4n) is 1.93. The van der Waals surface area contributed by atoms with Crippen LogP contribution in [0.25, 0.3) is 0 Å². The predicted octanol–water partition coefficient (Wildman–Crippen LogP) is 1.81. The highest BCUT2D eigenvalue weighted by molar-refractivity contribution is 5.84. The molecule has 0 aromatic carbocycles. The van der Waals surface area contributed by atoms with E-state index in [9.17, 15) is 27.7 Å². The molecule has 0 fully saturated rings. The van der Waals surface area contributed by atoms with Gasteiger partial charge in [0.1, 0.15) is 0 Å². The van der Waals surface area contributed by atoms with Gasteiger partial charge in [-0.1, -0.05) is 6.07 Å². The number of nitrogens with zero attached hydrogens (tertiary/aromatic N) is 4. The molecular formula is C12H12F4N4O3. The fourth-order valence-corrected chi connectivity index (χ4v) is 1.93. The molecule has 2 rings (SSSR count). The predicted molar refractivity (Wildman–Crippen MR) is 70.4 cm³/mol. The van der Waals surface area contributed by atoms with Gasteiger partial charge >= 0.3 is 12.5 Å². The van der Waals surface area contributed by atoms with Crippen molar-refractivity contribution in [3.63, 3.8) is 0 Å². The fraction of sp³-hybridized carbons (Fsp3) is 0.500. The van der Waals surface area contributed by atoms with Crippen LogP contribution in [0.15, 0.2) is 23.3 Å². The summed E-state index contributed by atoms with van der Waals surface area (Å²) in [4.78, 5) is 19.2. The summed E-state index contributed by atoms with van der Waals surface area (Å²) < 4.78 is 53.3. The van der Waals surface area contributed by atoms with Gasteiger partial charge in [-0.2, -0.15) is 17.6 Å². The van der Waals surface area contributed by atoms with Crippen molar-refractivity contribution in [2.24, 2.45) is 4.99 Å². The third-order valence-electron chi connectivity index (χ3n) is 2.97. The topological polar surface area (TPSA) is 80.9 Å². The van der Waals surface area contributed by atoms with Gasteiger partial charge in [0.2, 0.25) is 5.88 Å². The molecule has 126 valence electrons. The van der Waals surface area contributed by atoms with Gasteiger partial charge in [-0.15, -0.1) is 0 Å². The molecular weight excluding hydrogens is 324 g/mol. The number of aromatic nitrogens is 1. The number of nitro groups is 1. The van der Waals surface area contributed by atoms with Crippen LogP contribution in [0.1, 0.15) is 5.56 Å². The number of ether oxygens (including phenoxy) is 1. The number of hydrogen-bond acceptors (Lipinski definition) is 6. The van der Waals surface area contributed by atoms with Crippen LogP contribution in [0.5, 0.6) is 5.88 Å². The first-order chi connectivity index (χ1) is 10.8. The third kappa shape index (κ3) is 4.50. The van der Waals surface area contributed by atoms with Gasteiger partial charge in [0.25, 0.3) is 6.54 Å². The zero-order chi connectivity index (χ0) is 17.0. The van der Waals surface area contributed by atoms with Crippen LogP contribution in [0, 0.1) is 10.1 Å². The lowest BCUT2D eigenvalue weighted by Crippen LogP contribution is -2.34. The molecule has 0 amide bonds. The average molecular weight is 336 g/mol. The number of amidine groups is 1. The summed E-state index contributed by atoms with van der Waals surface area (Å²) in [5.41, 5.74) is 0.552. The lowest BCUT2D eigenvalue weighted by molar-refractivity contribution is -0.464. The van der Waals surface area contributed by atoms with E-state index in [-0.39, 0.29) is 6.54 Å². The van der Waals surface area contributed by atoms with Crippen molar-refractivity contribution in [1.29, 1.82) is 0 Å². The van der Waals surface area contributed by atoms with Gasteiger partial charge < -0.3 is 9.64 Å². The van der Waals surface area contributed by atoms with Crippen LogP contribution in [-0.4, -0.2) is 52.8 Å². The molecule has 0 radical (unpaired) electrons. The first kappa shape index (κ1) is 16.9. The number of hydrogen-bond donors (Lipinski definition) is 0. The van der Waals surface area contributed by atoms with Gasteiger partial charge in [-0.3, -0.25) is 15.1 Å². The lowest BCUT2D eigenvalue weighted by atomic mass is 10.2. The molecule has 0 N–H and O–H groups in total. The van der Waals surface area contributed by atoms with E-state index in [2.05, 4.69) is 14.7 Å². The normalized spacial score (nSPS) is 15.0. The summed E-state index contributed by atoms with van der Waals surface area (Å²) in [6, 6.07) is 2.40. The van der Waals surface area contributed by atoms with Crippen LogP contribution in [0.4, 0.5) is 17.6 Å². The van der Waals surface area contributed by atoms with Crippen LogP contribution in [-0.2, 0) is 6.54 Å². The van der Waals surface area contributed by atoms with E-state index >= 15 is 0 Å². The first-order valence-corrected chi connectivity index (χ1v) is 6.48. The molecule has 7 nitrogen and oxygen atoms in total. The Balaban J connectivity index is 1.98. The quantitative estimate of drug-likeness (QED) is 0.431. The Bertz CT molecular complexity index is 594. The Labute approximate surface area is 127 Å². The molecule has 1 aromatic heterocycles. The highest BCUT2D eigenvalue weighted by atomic mass is 19.3.